The number of ether oxygens (including phenoxy) is 1. The van der Waals surface area contributed by atoms with E-state index in [1.165, 1.54) is 5.56 Å². The second kappa shape index (κ2) is 4.30. The van der Waals surface area contributed by atoms with Crippen molar-refractivity contribution in [1.29, 1.82) is 0 Å². The topological polar surface area (TPSA) is 63.7 Å². The van der Waals surface area contributed by atoms with Crippen LogP contribution in [0.4, 0.5) is 0 Å². The van der Waals surface area contributed by atoms with Crippen molar-refractivity contribution in [2.45, 2.75) is 27.4 Å². The second-order valence-electron chi connectivity index (χ2n) is 3.77. The monoisotopic (exact) mass is 218 g/mol. The molecule has 0 spiro atoms. The van der Waals surface area contributed by atoms with Crippen molar-refractivity contribution < 1.29 is 4.74 Å². The molecule has 2 rings (SSSR count). The maximum atomic E-state index is 5.71. The lowest BCUT2D eigenvalue weighted by molar-refractivity contribution is 0.291. The lowest BCUT2D eigenvalue weighted by Gasteiger charge is -2.12. The quantitative estimate of drug-likeness (QED) is 0.851. The summed E-state index contributed by atoms with van der Waals surface area (Å²) >= 11 is 0. The van der Waals surface area contributed by atoms with Crippen molar-refractivity contribution in [2.24, 2.45) is 0 Å². The Morgan fingerprint density at radius 2 is 1.94 bits per heavy atom. The zero-order valence-corrected chi connectivity index (χ0v) is 9.61. The van der Waals surface area contributed by atoms with Gasteiger partial charge in [0.05, 0.1) is 0 Å². The minimum absolute atomic E-state index is 0.335. The molecular formula is C11H14N4O. The summed E-state index contributed by atoms with van der Waals surface area (Å²) in [4.78, 5) is 0. The van der Waals surface area contributed by atoms with Crippen LogP contribution >= 0.6 is 0 Å². The van der Waals surface area contributed by atoms with Crippen molar-refractivity contribution in [1.82, 2.24) is 20.6 Å². The highest BCUT2D eigenvalue weighted by molar-refractivity contribution is 5.44. The summed E-state index contributed by atoms with van der Waals surface area (Å²) in [6, 6.07) is 4.14. The number of benzene rings is 1. The Balaban J connectivity index is 2.18. The van der Waals surface area contributed by atoms with Gasteiger partial charge in [0.1, 0.15) is 5.75 Å². The molecule has 1 aromatic carbocycles. The second-order valence-corrected chi connectivity index (χ2v) is 3.77. The molecule has 16 heavy (non-hydrogen) atoms. The SMILES string of the molecule is Cc1ccc(C)c(OCc2nn[nH]n2)c1C. The zero-order chi connectivity index (χ0) is 11.5. The Morgan fingerprint density at radius 3 is 2.62 bits per heavy atom. The predicted octanol–water partition coefficient (Wildman–Crippen LogP) is 1.70. The molecule has 0 fully saturated rings. The number of nitrogens with zero attached hydrogens (tertiary/aromatic N) is 3. The van der Waals surface area contributed by atoms with Crippen LogP contribution in [-0.2, 0) is 6.61 Å². The molecule has 0 radical (unpaired) electrons. The van der Waals surface area contributed by atoms with Crippen molar-refractivity contribution >= 4 is 0 Å². The molecular weight excluding hydrogens is 204 g/mol. The first-order chi connectivity index (χ1) is 7.68. The number of hydrogen-bond acceptors (Lipinski definition) is 4. The summed E-state index contributed by atoms with van der Waals surface area (Å²) in [5.41, 5.74) is 3.49. The first-order valence-corrected chi connectivity index (χ1v) is 5.10. The van der Waals surface area contributed by atoms with E-state index < -0.39 is 0 Å². The fourth-order valence-corrected chi connectivity index (χ4v) is 1.53. The molecule has 0 saturated carbocycles. The summed E-state index contributed by atoms with van der Waals surface area (Å²) in [7, 11) is 0. The third-order valence-corrected chi connectivity index (χ3v) is 2.61. The van der Waals surface area contributed by atoms with Crippen LogP contribution in [0.1, 0.15) is 22.5 Å². The highest BCUT2D eigenvalue weighted by Gasteiger charge is 2.07. The predicted molar refractivity (Wildman–Crippen MR) is 59.2 cm³/mol. The van der Waals surface area contributed by atoms with Crippen LogP contribution < -0.4 is 4.74 Å². The number of tetrazole rings is 1. The molecule has 0 aliphatic heterocycles. The van der Waals surface area contributed by atoms with Gasteiger partial charge in [0.2, 0.25) is 5.82 Å². The fraction of sp³-hybridized carbons (Fsp3) is 0.364. The number of rotatable bonds is 3. The van der Waals surface area contributed by atoms with E-state index in [0.717, 1.165) is 16.9 Å². The van der Waals surface area contributed by atoms with Gasteiger partial charge < -0.3 is 4.74 Å². The van der Waals surface area contributed by atoms with Gasteiger partial charge in [0.15, 0.2) is 6.61 Å². The molecule has 0 aliphatic rings. The van der Waals surface area contributed by atoms with Gasteiger partial charge in [-0.2, -0.15) is 5.21 Å². The van der Waals surface area contributed by atoms with Crippen LogP contribution in [0.25, 0.3) is 0 Å². The molecule has 0 bridgehead atoms. The first kappa shape index (κ1) is 10.6. The van der Waals surface area contributed by atoms with Crippen molar-refractivity contribution in [2.75, 3.05) is 0 Å². The van der Waals surface area contributed by atoms with Gasteiger partial charge >= 0.3 is 0 Å². The molecule has 0 saturated heterocycles. The standard InChI is InChI=1S/C11H14N4O/c1-7-4-5-8(2)11(9(7)3)16-6-10-12-14-15-13-10/h4-5H,6H2,1-3H3,(H,12,13,14,15). The van der Waals surface area contributed by atoms with Gasteiger partial charge in [-0.25, -0.2) is 0 Å². The van der Waals surface area contributed by atoms with Gasteiger partial charge in [-0.05, 0) is 37.5 Å². The Morgan fingerprint density at radius 1 is 1.19 bits per heavy atom. The number of aromatic amines is 1. The molecule has 1 aromatic heterocycles. The average Bonchev–Trinajstić information content (AvgIpc) is 2.77. The number of aromatic nitrogens is 4. The summed E-state index contributed by atoms with van der Waals surface area (Å²) in [5, 5.41) is 13.6. The number of hydrogen-bond donors (Lipinski definition) is 1. The van der Waals surface area contributed by atoms with E-state index in [1.54, 1.807) is 0 Å². The third-order valence-electron chi connectivity index (χ3n) is 2.61. The Hall–Kier alpha value is -1.91. The highest BCUT2D eigenvalue weighted by Crippen LogP contribution is 2.26. The van der Waals surface area contributed by atoms with Crippen LogP contribution in [0.2, 0.25) is 0 Å². The Bertz CT molecular complexity index is 479. The van der Waals surface area contributed by atoms with Crippen LogP contribution in [0, 0.1) is 20.8 Å². The molecule has 0 amide bonds. The molecule has 84 valence electrons. The van der Waals surface area contributed by atoms with Gasteiger partial charge in [-0.3, -0.25) is 0 Å². The van der Waals surface area contributed by atoms with Gasteiger partial charge in [-0.15, -0.1) is 10.2 Å². The lowest BCUT2D eigenvalue weighted by Crippen LogP contribution is -2.01. The van der Waals surface area contributed by atoms with E-state index in [9.17, 15) is 0 Å². The molecule has 1 heterocycles. The van der Waals surface area contributed by atoms with Crippen LogP contribution in [0.3, 0.4) is 0 Å². The smallest absolute Gasteiger partial charge is 0.211 e. The molecule has 0 atom stereocenters. The van der Waals surface area contributed by atoms with E-state index in [4.69, 9.17) is 4.74 Å². The van der Waals surface area contributed by atoms with E-state index >= 15 is 0 Å². The molecule has 5 nitrogen and oxygen atoms in total. The van der Waals surface area contributed by atoms with Gasteiger partial charge in [0, 0.05) is 0 Å². The first-order valence-electron chi connectivity index (χ1n) is 5.10. The third kappa shape index (κ3) is 2.03. The van der Waals surface area contributed by atoms with Gasteiger partial charge in [0.25, 0.3) is 0 Å². The molecule has 5 heteroatoms. The molecule has 1 N–H and O–H groups in total. The summed E-state index contributed by atoms with van der Waals surface area (Å²) in [6.45, 7) is 6.48. The van der Waals surface area contributed by atoms with Crippen LogP contribution in [-0.4, -0.2) is 20.6 Å². The molecule has 0 unspecified atom stereocenters. The number of aryl methyl sites for hydroxylation is 2. The maximum Gasteiger partial charge on any atom is 0.211 e. The van der Waals surface area contributed by atoms with Crippen molar-refractivity contribution in [3.05, 3.63) is 34.6 Å². The van der Waals surface area contributed by atoms with Crippen molar-refractivity contribution in [3.8, 4) is 5.75 Å². The fourth-order valence-electron chi connectivity index (χ4n) is 1.53. The van der Waals surface area contributed by atoms with E-state index in [0.29, 0.717) is 12.4 Å². The highest BCUT2D eigenvalue weighted by atomic mass is 16.5. The zero-order valence-electron chi connectivity index (χ0n) is 9.61. The maximum absolute atomic E-state index is 5.71. The summed E-state index contributed by atoms with van der Waals surface area (Å²) in [6.07, 6.45) is 0. The number of H-pyrrole nitrogens is 1. The number of nitrogens with one attached hydrogen (secondary N) is 1. The largest absolute Gasteiger partial charge is 0.485 e. The van der Waals surface area contributed by atoms with E-state index in [1.807, 2.05) is 19.9 Å². The summed E-state index contributed by atoms with van der Waals surface area (Å²) in [5.74, 6) is 1.46. The van der Waals surface area contributed by atoms with E-state index in [2.05, 4.69) is 33.6 Å². The van der Waals surface area contributed by atoms with Crippen molar-refractivity contribution in [3.63, 3.8) is 0 Å². The normalized spacial score (nSPS) is 10.4. The Kier molecular flexibility index (Phi) is 2.85. The Labute approximate surface area is 93.8 Å². The van der Waals surface area contributed by atoms with E-state index in [-0.39, 0.29) is 0 Å². The minimum Gasteiger partial charge on any atom is -0.485 e. The minimum atomic E-state index is 0.335. The average molecular weight is 218 g/mol. The molecule has 0 aliphatic carbocycles. The molecule has 2 aromatic rings. The lowest BCUT2D eigenvalue weighted by atomic mass is 10.1. The van der Waals surface area contributed by atoms with Gasteiger partial charge in [-0.1, -0.05) is 17.3 Å². The van der Waals surface area contributed by atoms with Crippen LogP contribution in [0.5, 0.6) is 5.75 Å². The van der Waals surface area contributed by atoms with Crippen LogP contribution in [0.15, 0.2) is 12.1 Å². The summed E-state index contributed by atoms with van der Waals surface area (Å²) < 4.78 is 5.71.